The van der Waals surface area contributed by atoms with Crippen LogP contribution in [-0.2, 0) is 9.53 Å². The number of thioether (sulfide) groups is 1. The molecule has 2 fully saturated rings. The minimum absolute atomic E-state index is 0.152. The van der Waals surface area contributed by atoms with Gasteiger partial charge in [0, 0.05) is 43.9 Å². The molecule has 4 heterocycles. The molecule has 0 aromatic rings. The quantitative estimate of drug-likeness (QED) is 0.540. The van der Waals surface area contributed by atoms with Crippen LogP contribution in [0.15, 0.2) is 22.1 Å². The number of piperidine rings is 2. The van der Waals surface area contributed by atoms with Gasteiger partial charge >= 0.3 is 6.09 Å². The second kappa shape index (κ2) is 10.7. The van der Waals surface area contributed by atoms with Crippen LogP contribution >= 0.6 is 11.8 Å². The van der Waals surface area contributed by atoms with Gasteiger partial charge in [-0.25, -0.2) is 4.79 Å². The van der Waals surface area contributed by atoms with E-state index in [2.05, 4.69) is 15.9 Å². The lowest BCUT2D eigenvalue weighted by molar-refractivity contribution is -0.128. The molecule has 7 heteroatoms. The normalized spacial score (nSPS) is 26.0. The summed E-state index contributed by atoms with van der Waals surface area (Å²) in [5, 5.41) is 0. The molecule has 1 spiro atoms. The molecule has 4 aliphatic heterocycles. The Morgan fingerprint density at radius 1 is 1.09 bits per heavy atom. The Morgan fingerprint density at radius 2 is 1.85 bits per heavy atom. The Labute approximate surface area is 209 Å². The van der Waals surface area contributed by atoms with E-state index in [1.807, 2.05) is 11.8 Å². The molecule has 0 unspecified atom stereocenters. The van der Waals surface area contributed by atoms with Gasteiger partial charge in [0.05, 0.1) is 11.5 Å². The predicted molar refractivity (Wildman–Crippen MR) is 137 cm³/mol. The number of fused-ring (bicyclic) bond motifs is 1. The van der Waals surface area contributed by atoms with E-state index >= 15 is 0 Å². The summed E-state index contributed by atoms with van der Waals surface area (Å²) in [7, 11) is 0. The molecule has 2 saturated heterocycles. The fraction of sp³-hybridized carbons (Fsp3) is 0.778. The van der Waals surface area contributed by atoms with Gasteiger partial charge in [-0.05, 0) is 83.7 Å². The molecule has 188 valence electrons. The van der Waals surface area contributed by atoms with E-state index in [0.29, 0.717) is 12.5 Å². The zero-order valence-electron chi connectivity index (χ0n) is 20.9. The summed E-state index contributed by atoms with van der Waals surface area (Å²) in [6.45, 7) is 9.17. The van der Waals surface area contributed by atoms with Gasteiger partial charge in [-0.15, -0.1) is 11.8 Å². The van der Waals surface area contributed by atoms with Crippen LogP contribution in [0.5, 0.6) is 0 Å². The highest BCUT2D eigenvalue weighted by Crippen LogP contribution is 2.49. The number of carbonyl (C=O) groups excluding carboxylic acids is 2. The topological polar surface area (TPSA) is 53.1 Å². The van der Waals surface area contributed by atoms with Crippen molar-refractivity contribution in [2.45, 2.75) is 64.7 Å². The molecule has 2 amide bonds. The number of rotatable bonds is 4. The Bertz CT molecular complexity index is 838. The maximum absolute atomic E-state index is 13.3. The third kappa shape index (κ3) is 5.06. The van der Waals surface area contributed by atoms with E-state index in [1.165, 1.54) is 38.5 Å². The van der Waals surface area contributed by atoms with Gasteiger partial charge in [0.15, 0.2) is 0 Å². The fourth-order valence-electron chi connectivity index (χ4n) is 6.90. The summed E-state index contributed by atoms with van der Waals surface area (Å²) in [6.07, 6.45) is 12.6. The molecule has 5 aliphatic rings. The highest BCUT2D eigenvalue weighted by atomic mass is 32.2. The molecule has 0 atom stereocenters. The average molecular weight is 488 g/mol. The van der Waals surface area contributed by atoms with Crippen molar-refractivity contribution in [3.63, 3.8) is 0 Å². The predicted octanol–water partition coefficient (Wildman–Crippen LogP) is 4.67. The molecule has 0 bridgehead atoms. The number of amides is 2. The van der Waals surface area contributed by atoms with Gasteiger partial charge in [-0.2, -0.15) is 0 Å². The summed E-state index contributed by atoms with van der Waals surface area (Å²) in [6, 6.07) is 0. The van der Waals surface area contributed by atoms with Crippen LogP contribution in [0.1, 0.15) is 64.7 Å². The van der Waals surface area contributed by atoms with E-state index in [0.717, 1.165) is 75.7 Å². The van der Waals surface area contributed by atoms with Crippen molar-refractivity contribution in [2.75, 3.05) is 58.2 Å². The Balaban J connectivity index is 1.19. The van der Waals surface area contributed by atoms with Crippen LogP contribution in [0, 0.1) is 11.3 Å². The second-order valence-electron chi connectivity index (χ2n) is 10.9. The standard InChI is InChI=1S/C27H41N3O3S/c1-2-33-26(32)29-13-9-21(10-14-29)18-28-15-11-27(12-16-28)20-30(25(31)24-8-5-17-34-24)19-22-6-3-4-7-23(22)27/h8,21H,2-7,9-20H2,1H3. The first-order valence-corrected chi connectivity index (χ1v) is 14.5. The van der Waals surface area contributed by atoms with Crippen LogP contribution in [0.2, 0.25) is 0 Å². The maximum atomic E-state index is 13.3. The van der Waals surface area contributed by atoms with Gasteiger partial charge < -0.3 is 19.4 Å². The number of hydrogen-bond acceptors (Lipinski definition) is 5. The van der Waals surface area contributed by atoms with E-state index in [9.17, 15) is 9.59 Å². The number of allylic oxidation sites excluding steroid dienone is 1. The van der Waals surface area contributed by atoms with E-state index in [4.69, 9.17) is 4.74 Å². The molecule has 0 radical (unpaired) electrons. The molecule has 0 N–H and O–H groups in total. The molecule has 34 heavy (non-hydrogen) atoms. The first-order valence-electron chi connectivity index (χ1n) is 13.6. The highest BCUT2D eigenvalue weighted by molar-refractivity contribution is 8.04. The zero-order valence-corrected chi connectivity index (χ0v) is 21.7. The Hall–Kier alpha value is -1.47. The van der Waals surface area contributed by atoms with Crippen molar-refractivity contribution in [1.82, 2.24) is 14.7 Å². The first kappa shape index (κ1) is 24.2. The first-order chi connectivity index (χ1) is 16.6. The minimum Gasteiger partial charge on any atom is -0.450 e. The number of carbonyl (C=O) groups is 2. The van der Waals surface area contributed by atoms with Gasteiger partial charge in [0.2, 0.25) is 0 Å². The lowest BCUT2D eigenvalue weighted by atomic mass is 9.65. The van der Waals surface area contributed by atoms with E-state index < -0.39 is 0 Å². The van der Waals surface area contributed by atoms with Crippen LogP contribution < -0.4 is 0 Å². The zero-order chi connectivity index (χ0) is 23.5. The number of likely N-dealkylation sites (tertiary alicyclic amines) is 2. The molecule has 5 rings (SSSR count). The molecular weight excluding hydrogens is 446 g/mol. The lowest BCUT2D eigenvalue weighted by Gasteiger charge is -2.51. The van der Waals surface area contributed by atoms with Crippen LogP contribution in [0.25, 0.3) is 0 Å². The molecule has 0 saturated carbocycles. The van der Waals surface area contributed by atoms with Crippen molar-refractivity contribution in [3.05, 3.63) is 22.1 Å². The summed E-state index contributed by atoms with van der Waals surface area (Å²) in [5.74, 6) is 2.01. The van der Waals surface area contributed by atoms with Crippen LogP contribution in [-0.4, -0.2) is 84.9 Å². The summed E-state index contributed by atoms with van der Waals surface area (Å²) in [4.78, 5) is 33.0. The Morgan fingerprint density at radius 3 is 2.56 bits per heavy atom. The van der Waals surface area contributed by atoms with Crippen molar-refractivity contribution in [1.29, 1.82) is 0 Å². The largest absolute Gasteiger partial charge is 0.450 e. The van der Waals surface area contributed by atoms with Gasteiger partial charge in [-0.3, -0.25) is 4.79 Å². The fourth-order valence-corrected chi connectivity index (χ4v) is 7.84. The number of ether oxygens (including phenoxy) is 1. The number of nitrogens with zero attached hydrogens (tertiary/aromatic N) is 3. The second-order valence-corrected chi connectivity index (χ2v) is 12.0. The average Bonchev–Trinajstić information content (AvgIpc) is 3.41. The maximum Gasteiger partial charge on any atom is 0.409 e. The van der Waals surface area contributed by atoms with Gasteiger partial charge in [0.1, 0.15) is 0 Å². The lowest BCUT2D eigenvalue weighted by Crippen LogP contribution is -2.53. The SMILES string of the molecule is CCOC(=O)N1CCC(CN2CCC3(CC2)CN(C(=O)C2=CCCS2)CC2=C3CCCC2)CC1. The Kier molecular flexibility index (Phi) is 7.59. The van der Waals surface area contributed by atoms with E-state index in [1.54, 1.807) is 22.9 Å². The molecule has 0 aromatic heterocycles. The third-order valence-electron chi connectivity index (χ3n) is 8.77. The van der Waals surface area contributed by atoms with Gasteiger partial charge in [-0.1, -0.05) is 17.2 Å². The summed E-state index contributed by atoms with van der Waals surface area (Å²) < 4.78 is 5.17. The van der Waals surface area contributed by atoms with Crippen molar-refractivity contribution < 1.29 is 14.3 Å². The monoisotopic (exact) mass is 487 g/mol. The van der Waals surface area contributed by atoms with Crippen LogP contribution in [0.4, 0.5) is 4.79 Å². The van der Waals surface area contributed by atoms with Gasteiger partial charge in [0.25, 0.3) is 5.91 Å². The summed E-state index contributed by atoms with van der Waals surface area (Å²) >= 11 is 1.75. The third-order valence-corrected chi connectivity index (χ3v) is 9.86. The van der Waals surface area contributed by atoms with Crippen LogP contribution in [0.3, 0.4) is 0 Å². The van der Waals surface area contributed by atoms with Crippen molar-refractivity contribution >= 4 is 23.8 Å². The summed E-state index contributed by atoms with van der Waals surface area (Å²) in [5.41, 5.74) is 3.53. The van der Waals surface area contributed by atoms with Crippen molar-refractivity contribution in [3.8, 4) is 0 Å². The molecular formula is C27H41N3O3S. The molecule has 6 nitrogen and oxygen atoms in total. The minimum atomic E-state index is -0.152. The molecule has 0 aromatic carbocycles. The van der Waals surface area contributed by atoms with Crippen molar-refractivity contribution in [2.24, 2.45) is 11.3 Å². The number of hydrogen-bond donors (Lipinski definition) is 0. The highest BCUT2D eigenvalue weighted by Gasteiger charge is 2.45. The smallest absolute Gasteiger partial charge is 0.409 e. The van der Waals surface area contributed by atoms with E-state index in [-0.39, 0.29) is 17.4 Å². The molecule has 1 aliphatic carbocycles.